The van der Waals surface area contributed by atoms with E-state index in [0.29, 0.717) is 5.02 Å². The minimum atomic E-state index is -0.489. The average Bonchev–Trinajstić information content (AvgIpc) is 2.82. The van der Waals surface area contributed by atoms with Crippen LogP contribution < -0.4 is 5.32 Å². The second-order valence-electron chi connectivity index (χ2n) is 5.13. The molecule has 3 nitrogen and oxygen atoms in total. The normalized spacial score (nSPS) is 24.2. The van der Waals surface area contributed by atoms with Crippen molar-refractivity contribution in [3.05, 3.63) is 34.9 Å². The highest BCUT2D eigenvalue weighted by Crippen LogP contribution is 2.27. The Morgan fingerprint density at radius 3 is 2.89 bits per heavy atom. The van der Waals surface area contributed by atoms with Gasteiger partial charge in [-0.1, -0.05) is 30.7 Å². The largest absolute Gasteiger partial charge is 0.392 e. The van der Waals surface area contributed by atoms with E-state index in [0.717, 1.165) is 31.2 Å². The van der Waals surface area contributed by atoms with Gasteiger partial charge in [0.05, 0.1) is 18.1 Å². The van der Waals surface area contributed by atoms with E-state index in [1.54, 1.807) is 0 Å². The predicted molar refractivity (Wildman–Crippen MR) is 76.0 cm³/mol. The van der Waals surface area contributed by atoms with E-state index < -0.39 is 6.10 Å². The third-order valence-corrected chi connectivity index (χ3v) is 4.03. The first-order valence-corrected chi connectivity index (χ1v) is 7.23. The second kappa shape index (κ2) is 6.40. The fourth-order valence-corrected chi connectivity index (χ4v) is 2.87. The molecule has 1 aliphatic rings. The molecule has 0 aromatic heterocycles. The van der Waals surface area contributed by atoms with Crippen LogP contribution in [0.15, 0.2) is 24.3 Å². The minimum absolute atomic E-state index is 0.0426. The number of nitrogens with one attached hydrogen (secondary N) is 1. The molecule has 4 heteroatoms. The van der Waals surface area contributed by atoms with Crippen molar-refractivity contribution in [2.45, 2.75) is 44.8 Å². The lowest BCUT2D eigenvalue weighted by molar-refractivity contribution is -0.128. The zero-order chi connectivity index (χ0) is 13.8. The van der Waals surface area contributed by atoms with Gasteiger partial charge in [0.2, 0.25) is 5.91 Å². The summed E-state index contributed by atoms with van der Waals surface area (Å²) in [6, 6.07) is 7.50. The average molecular weight is 282 g/mol. The van der Waals surface area contributed by atoms with Gasteiger partial charge in [0.15, 0.2) is 0 Å². The summed E-state index contributed by atoms with van der Waals surface area (Å²) in [6.07, 6.45) is 2.74. The SMILES string of the molecule is CCC(NC(=O)C1CCCC1O)c1cccc(Cl)c1. The van der Waals surface area contributed by atoms with Crippen molar-refractivity contribution in [3.8, 4) is 0 Å². The fourth-order valence-electron chi connectivity index (χ4n) is 2.67. The van der Waals surface area contributed by atoms with Gasteiger partial charge in [-0.3, -0.25) is 4.79 Å². The molecule has 0 aliphatic heterocycles. The highest BCUT2D eigenvalue weighted by molar-refractivity contribution is 6.30. The molecule has 0 bridgehead atoms. The number of rotatable bonds is 4. The number of carbonyl (C=O) groups is 1. The van der Waals surface area contributed by atoms with E-state index in [4.69, 9.17) is 11.6 Å². The van der Waals surface area contributed by atoms with Gasteiger partial charge in [0.25, 0.3) is 0 Å². The lowest BCUT2D eigenvalue weighted by Crippen LogP contribution is -2.37. The molecule has 1 aromatic rings. The molecular formula is C15H20ClNO2. The van der Waals surface area contributed by atoms with Crippen LogP contribution in [0.25, 0.3) is 0 Å². The first kappa shape index (κ1) is 14.4. The molecule has 19 heavy (non-hydrogen) atoms. The summed E-state index contributed by atoms with van der Waals surface area (Å²) in [5.74, 6) is -0.301. The third kappa shape index (κ3) is 3.48. The Labute approximate surface area is 119 Å². The Morgan fingerprint density at radius 2 is 2.32 bits per heavy atom. The smallest absolute Gasteiger partial charge is 0.226 e. The maximum absolute atomic E-state index is 12.2. The van der Waals surface area contributed by atoms with Gasteiger partial charge >= 0.3 is 0 Å². The monoisotopic (exact) mass is 281 g/mol. The summed E-state index contributed by atoms with van der Waals surface area (Å²) in [4.78, 5) is 12.2. The zero-order valence-corrected chi connectivity index (χ0v) is 11.9. The molecule has 1 amide bonds. The number of hydrogen-bond donors (Lipinski definition) is 2. The molecule has 1 aromatic carbocycles. The maximum Gasteiger partial charge on any atom is 0.226 e. The summed E-state index contributed by atoms with van der Waals surface area (Å²) in [5, 5.41) is 13.5. The number of aliphatic hydroxyl groups excluding tert-OH is 1. The predicted octanol–water partition coefficient (Wildman–Crippen LogP) is 3.07. The van der Waals surface area contributed by atoms with Gasteiger partial charge in [-0.2, -0.15) is 0 Å². The van der Waals surface area contributed by atoms with Gasteiger partial charge < -0.3 is 10.4 Å². The fraction of sp³-hybridized carbons (Fsp3) is 0.533. The van der Waals surface area contributed by atoms with Crippen molar-refractivity contribution < 1.29 is 9.90 Å². The second-order valence-corrected chi connectivity index (χ2v) is 5.57. The number of aliphatic hydroxyl groups is 1. The summed E-state index contributed by atoms with van der Waals surface area (Å²) in [6.45, 7) is 2.02. The molecule has 1 saturated carbocycles. The van der Waals surface area contributed by atoms with Crippen molar-refractivity contribution in [2.75, 3.05) is 0 Å². The lowest BCUT2D eigenvalue weighted by Gasteiger charge is -2.21. The standard InChI is InChI=1S/C15H20ClNO2/c1-2-13(10-5-3-6-11(16)9-10)17-15(19)12-7-4-8-14(12)18/h3,5-6,9,12-14,18H,2,4,7-8H2,1H3,(H,17,19). The molecule has 2 rings (SSSR count). The van der Waals surface area contributed by atoms with Crippen molar-refractivity contribution in [2.24, 2.45) is 5.92 Å². The van der Waals surface area contributed by atoms with Crippen LogP contribution in [-0.2, 0) is 4.79 Å². The van der Waals surface area contributed by atoms with E-state index >= 15 is 0 Å². The zero-order valence-electron chi connectivity index (χ0n) is 11.1. The van der Waals surface area contributed by atoms with Crippen LogP contribution >= 0.6 is 11.6 Å². The summed E-state index contributed by atoms with van der Waals surface area (Å²) < 4.78 is 0. The summed E-state index contributed by atoms with van der Waals surface area (Å²) >= 11 is 5.98. The van der Waals surface area contributed by atoms with Crippen molar-refractivity contribution in [1.82, 2.24) is 5.32 Å². The van der Waals surface area contributed by atoms with Gasteiger partial charge in [0.1, 0.15) is 0 Å². The van der Waals surface area contributed by atoms with Gasteiger partial charge in [-0.05, 0) is 43.4 Å². The molecule has 1 aliphatic carbocycles. The van der Waals surface area contributed by atoms with Gasteiger partial charge in [-0.15, -0.1) is 0 Å². The quantitative estimate of drug-likeness (QED) is 0.891. The number of hydrogen-bond acceptors (Lipinski definition) is 2. The molecule has 104 valence electrons. The van der Waals surface area contributed by atoms with E-state index in [1.807, 2.05) is 31.2 Å². The molecule has 0 heterocycles. The van der Waals surface area contributed by atoms with Gasteiger partial charge in [-0.25, -0.2) is 0 Å². The minimum Gasteiger partial charge on any atom is -0.392 e. The molecular weight excluding hydrogens is 262 g/mol. The van der Waals surface area contributed by atoms with Crippen LogP contribution in [0, 0.1) is 5.92 Å². The van der Waals surface area contributed by atoms with Crippen LogP contribution in [0.2, 0.25) is 5.02 Å². The first-order chi connectivity index (χ1) is 9.11. The number of benzene rings is 1. The lowest BCUT2D eigenvalue weighted by atomic mass is 10.0. The number of amides is 1. The highest BCUT2D eigenvalue weighted by atomic mass is 35.5. The Bertz CT molecular complexity index is 450. The van der Waals surface area contributed by atoms with Crippen molar-refractivity contribution >= 4 is 17.5 Å². The Balaban J connectivity index is 2.05. The number of halogens is 1. The molecule has 3 atom stereocenters. The van der Waals surface area contributed by atoms with Crippen LogP contribution in [-0.4, -0.2) is 17.1 Å². The molecule has 2 N–H and O–H groups in total. The van der Waals surface area contributed by atoms with Crippen LogP contribution in [0.3, 0.4) is 0 Å². The van der Waals surface area contributed by atoms with Gasteiger partial charge in [0, 0.05) is 5.02 Å². The van der Waals surface area contributed by atoms with Crippen LogP contribution in [0.4, 0.5) is 0 Å². The van der Waals surface area contributed by atoms with Crippen molar-refractivity contribution in [1.29, 1.82) is 0 Å². The molecule has 0 spiro atoms. The molecule has 0 saturated heterocycles. The van der Waals surface area contributed by atoms with Crippen LogP contribution in [0.5, 0.6) is 0 Å². The van der Waals surface area contributed by atoms with E-state index in [9.17, 15) is 9.90 Å². The Morgan fingerprint density at radius 1 is 1.53 bits per heavy atom. The maximum atomic E-state index is 12.2. The van der Waals surface area contributed by atoms with Crippen molar-refractivity contribution in [3.63, 3.8) is 0 Å². The topological polar surface area (TPSA) is 49.3 Å². The van der Waals surface area contributed by atoms with Crippen LogP contribution in [0.1, 0.15) is 44.2 Å². The Hall–Kier alpha value is -1.06. The third-order valence-electron chi connectivity index (χ3n) is 3.79. The molecule has 0 radical (unpaired) electrons. The molecule has 1 fully saturated rings. The van der Waals surface area contributed by atoms with E-state index in [1.165, 1.54) is 0 Å². The van der Waals surface area contributed by atoms with E-state index in [-0.39, 0.29) is 17.9 Å². The summed E-state index contributed by atoms with van der Waals surface area (Å²) in [5.41, 5.74) is 1.01. The number of carbonyl (C=O) groups excluding carboxylic acids is 1. The Kier molecular flexibility index (Phi) is 4.83. The summed E-state index contributed by atoms with van der Waals surface area (Å²) in [7, 11) is 0. The highest BCUT2D eigenvalue weighted by Gasteiger charge is 2.32. The molecule has 3 unspecified atom stereocenters. The first-order valence-electron chi connectivity index (χ1n) is 6.85. The van der Waals surface area contributed by atoms with E-state index in [2.05, 4.69) is 5.32 Å².